The Kier molecular flexibility index (Phi) is 5.90. The minimum atomic E-state index is -3.90. The van der Waals surface area contributed by atoms with Gasteiger partial charge in [-0.1, -0.05) is 17.7 Å². The number of sulfonamides is 1. The van der Waals surface area contributed by atoms with Crippen LogP contribution in [0.15, 0.2) is 53.4 Å². The Bertz CT molecular complexity index is 893. The van der Waals surface area contributed by atoms with Gasteiger partial charge in [-0.2, -0.15) is 0 Å². The van der Waals surface area contributed by atoms with Crippen molar-refractivity contribution in [2.45, 2.75) is 17.9 Å². The average molecular weight is 380 g/mol. The molecular weight excluding hydrogens is 364 g/mol. The largest absolute Gasteiger partial charge is 0.478 e. The van der Waals surface area contributed by atoms with Crippen molar-refractivity contribution >= 4 is 21.7 Å². The van der Waals surface area contributed by atoms with Gasteiger partial charge in [-0.3, -0.25) is 10.1 Å². The molecule has 0 spiro atoms. The van der Waals surface area contributed by atoms with Gasteiger partial charge in [0.15, 0.2) is 0 Å². The number of carboxylic acid groups (broad SMARTS) is 1. The molecule has 0 aliphatic heterocycles. The summed E-state index contributed by atoms with van der Waals surface area (Å²) < 4.78 is 31.8. The lowest BCUT2D eigenvalue weighted by Gasteiger charge is -2.16. The third-order valence-electron chi connectivity index (χ3n) is 3.39. The van der Waals surface area contributed by atoms with Crippen molar-refractivity contribution < 1.29 is 28.0 Å². The number of aryl methyl sites for hydroxylation is 1. The molecule has 10 heteroatoms. The van der Waals surface area contributed by atoms with Crippen molar-refractivity contribution in [2.75, 3.05) is 6.54 Å². The molecule has 26 heavy (non-hydrogen) atoms. The topological polar surface area (TPSA) is 136 Å². The van der Waals surface area contributed by atoms with Crippen LogP contribution in [-0.2, 0) is 14.8 Å². The Morgan fingerprint density at radius 1 is 1.19 bits per heavy atom. The van der Waals surface area contributed by atoms with Crippen LogP contribution in [-0.4, -0.2) is 37.1 Å². The van der Waals surface area contributed by atoms with E-state index in [9.17, 15) is 28.4 Å². The smallest absolute Gasteiger partial charge is 0.346 e. The Hall–Kier alpha value is -2.98. The molecule has 0 radical (unpaired) electrons. The van der Waals surface area contributed by atoms with E-state index in [1.807, 2.05) is 6.92 Å². The molecule has 0 heterocycles. The van der Waals surface area contributed by atoms with Gasteiger partial charge in [-0.25, -0.2) is 17.9 Å². The summed E-state index contributed by atoms with van der Waals surface area (Å²) in [5.41, 5.74) is 0.707. The fourth-order valence-corrected chi connectivity index (χ4v) is 3.01. The summed E-state index contributed by atoms with van der Waals surface area (Å²) in [6.07, 6.45) is -1.50. The number of nitro benzene ring substituents is 1. The summed E-state index contributed by atoms with van der Waals surface area (Å²) in [5, 5.41) is 19.8. The van der Waals surface area contributed by atoms with E-state index < -0.39 is 33.6 Å². The number of aliphatic carboxylic acids is 1. The van der Waals surface area contributed by atoms with Gasteiger partial charge in [-0.05, 0) is 31.2 Å². The van der Waals surface area contributed by atoms with Crippen molar-refractivity contribution in [3.63, 3.8) is 0 Å². The number of carboxylic acids is 1. The molecule has 0 aromatic heterocycles. The van der Waals surface area contributed by atoms with Gasteiger partial charge in [-0.15, -0.1) is 0 Å². The molecule has 2 rings (SSSR count). The molecule has 0 saturated heterocycles. The molecule has 2 aromatic rings. The first-order valence-electron chi connectivity index (χ1n) is 7.39. The Balaban J connectivity index is 2.07. The molecule has 0 saturated carbocycles. The highest BCUT2D eigenvalue weighted by Crippen LogP contribution is 2.18. The van der Waals surface area contributed by atoms with Crippen LogP contribution in [0.5, 0.6) is 5.75 Å². The summed E-state index contributed by atoms with van der Waals surface area (Å²) in [7, 11) is -3.90. The van der Waals surface area contributed by atoms with Crippen LogP contribution < -0.4 is 9.46 Å². The highest BCUT2D eigenvalue weighted by Gasteiger charge is 2.23. The van der Waals surface area contributed by atoms with Gasteiger partial charge in [0.05, 0.1) is 16.4 Å². The number of ether oxygens (including phenoxy) is 1. The van der Waals surface area contributed by atoms with E-state index in [0.717, 1.165) is 17.7 Å². The third kappa shape index (κ3) is 5.01. The molecule has 138 valence electrons. The predicted octanol–water partition coefficient (Wildman–Crippen LogP) is 1.71. The number of rotatable bonds is 8. The first kappa shape index (κ1) is 19.3. The van der Waals surface area contributed by atoms with E-state index in [1.165, 1.54) is 24.3 Å². The number of non-ortho nitro benzene ring substituents is 1. The second-order valence-corrected chi connectivity index (χ2v) is 7.13. The van der Waals surface area contributed by atoms with E-state index in [-0.39, 0.29) is 16.3 Å². The van der Waals surface area contributed by atoms with Crippen LogP contribution in [0.4, 0.5) is 5.69 Å². The molecule has 2 N–H and O–H groups in total. The number of nitro groups is 1. The standard InChI is InChI=1S/C16H16N2O7S/c1-11-2-8-14(9-3-11)26(23,24)17-10-15(16(19)20)25-13-6-4-12(5-7-13)18(21)22/h2-9,15,17H,10H2,1H3,(H,19,20). The van der Waals surface area contributed by atoms with Gasteiger partial charge in [0.2, 0.25) is 16.1 Å². The zero-order valence-corrected chi connectivity index (χ0v) is 14.5. The highest BCUT2D eigenvalue weighted by atomic mass is 32.2. The van der Waals surface area contributed by atoms with E-state index in [2.05, 4.69) is 4.72 Å². The molecule has 1 unspecified atom stereocenters. The second-order valence-electron chi connectivity index (χ2n) is 5.36. The van der Waals surface area contributed by atoms with Gasteiger partial charge in [0.1, 0.15) is 5.75 Å². The van der Waals surface area contributed by atoms with Crippen LogP contribution in [0, 0.1) is 17.0 Å². The van der Waals surface area contributed by atoms with Gasteiger partial charge in [0, 0.05) is 12.1 Å². The van der Waals surface area contributed by atoms with Crippen LogP contribution in [0.2, 0.25) is 0 Å². The number of nitrogens with zero attached hydrogens (tertiary/aromatic N) is 1. The minimum absolute atomic E-state index is 0.00238. The molecular formula is C16H16N2O7S. The van der Waals surface area contributed by atoms with Gasteiger partial charge in [0.25, 0.3) is 5.69 Å². The number of nitrogens with one attached hydrogen (secondary N) is 1. The van der Waals surface area contributed by atoms with Gasteiger partial charge < -0.3 is 9.84 Å². The minimum Gasteiger partial charge on any atom is -0.478 e. The van der Waals surface area contributed by atoms with E-state index >= 15 is 0 Å². The molecule has 2 aromatic carbocycles. The molecule has 0 aliphatic carbocycles. The Morgan fingerprint density at radius 3 is 2.27 bits per heavy atom. The van der Waals surface area contributed by atoms with Crippen LogP contribution >= 0.6 is 0 Å². The SMILES string of the molecule is Cc1ccc(S(=O)(=O)NCC(Oc2ccc([N+](=O)[O-])cc2)C(=O)O)cc1. The lowest BCUT2D eigenvalue weighted by Crippen LogP contribution is -2.40. The van der Waals surface area contributed by atoms with Crippen molar-refractivity contribution in [3.05, 3.63) is 64.2 Å². The predicted molar refractivity (Wildman–Crippen MR) is 91.5 cm³/mol. The number of benzene rings is 2. The van der Waals surface area contributed by atoms with E-state index in [4.69, 9.17) is 4.74 Å². The van der Waals surface area contributed by atoms with Crippen molar-refractivity contribution in [2.24, 2.45) is 0 Å². The number of hydrogen-bond donors (Lipinski definition) is 2. The maximum Gasteiger partial charge on any atom is 0.346 e. The first-order valence-corrected chi connectivity index (χ1v) is 8.87. The van der Waals surface area contributed by atoms with Crippen molar-refractivity contribution in [1.29, 1.82) is 0 Å². The average Bonchev–Trinajstić information content (AvgIpc) is 2.59. The monoisotopic (exact) mass is 380 g/mol. The summed E-state index contributed by atoms with van der Waals surface area (Å²) >= 11 is 0. The summed E-state index contributed by atoms with van der Waals surface area (Å²) in [4.78, 5) is 21.3. The maximum atomic E-state index is 12.2. The molecule has 0 fully saturated rings. The first-order chi connectivity index (χ1) is 12.2. The lowest BCUT2D eigenvalue weighted by molar-refractivity contribution is -0.384. The fourth-order valence-electron chi connectivity index (χ4n) is 1.98. The Morgan fingerprint density at radius 2 is 1.77 bits per heavy atom. The quantitative estimate of drug-likeness (QED) is 0.525. The zero-order valence-electron chi connectivity index (χ0n) is 13.7. The van der Waals surface area contributed by atoms with E-state index in [0.29, 0.717) is 0 Å². The zero-order chi connectivity index (χ0) is 19.3. The molecule has 1 atom stereocenters. The molecule has 0 amide bonds. The Labute approximate surface area is 149 Å². The fraction of sp³-hybridized carbons (Fsp3) is 0.188. The molecule has 9 nitrogen and oxygen atoms in total. The van der Waals surface area contributed by atoms with Crippen molar-refractivity contribution in [3.8, 4) is 5.75 Å². The molecule has 0 aliphatic rings. The maximum absolute atomic E-state index is 12.2. The summed E-state index contributed by atoms with van der Waals surface area (Å²) in [6, 6.07) is 10.9. The van der Waals surface area contributed by atoms with Gasteiger partial charge >= 0.3 is 5.97 Å². The third-order valence-corrected chi connectivity index (χ3v) is 4.83. The lowest BCUT2D eigenvalue weighted by atomic mass is 10.2. The normalized spacial score (nSPS) is 12.3. The van der Waals surface area contributed by atoms with Crippen LogP contribution in [0.25, 0.3) is 0 Å². The van der Waals surface area contributed by atoms with Crippen molar-refractivity contribution in [1.82, 2.24) is 4.72 Å². The highest BCUT2D eigenvalue weighted by molar-refractivity contribution is 7.89. The number of carbonyl (C=O) groups is 1. The second kappa shape index (κ2) is 7.93. The summed E-state index contributed by atoms with van der Waals surface area (Å²) in [5.74, 6) is -1.31. The van der Waals surface area contributed by atoms with Crippen LogP contribution in [0.1, 0.15) is 5.56 Å². The molecule has 0 bridgehead atoms. The van der Waals surface area contributed by atoms with E-state index in [1.54, 1.807) is 12.1 Å². The number of hydrogen-bond acceptors (Lipinski definition) is 6. The summed E-state index contributed by atoms with van der Waals surface area (Å²) in [6.45, 7) is 1.30. The van der Waals surface area contributed by atoms with Crippen LogP contribution in [0.3, 0.4) is 0 Å².